The third kappa shape index (κ3) is 5.34. The van der Waals surface area contributed by atoms with Crippen LogP contribution < -0.4 is 5.32 Å². The van der Waals surface area contributed by atoms with Crippen molar-refractivity contribution in [2.45, 2.75) is 19.3 Å². The van der Waals surface area contributed by atoms with Gasteiger partial charge >= 0.3 is 0 Å². The zero-order valence-corrected chi connectivity index (χ0v) is 11.6. The molecule has 4 heteroatoms. The minimum absolute atomic E-state index is 0.300. The first-order chi connectivity index (χ1) is 8.22. The van der Waals surface area contributed by atoms with Crippen LogP contribution in [0.15, 0.2) is 0 Å². The molecule has 0 bridgehead atoms. The summed E-state index contributed by atoms with van der Waals surface area (Å²) in [5, 5.41) is 3.32. The van der Waals surface area contributed by atoms with Crippen molar-refractivity contribution in [3.63, 3.8) is 0 Å². The number of hydrogen-bond donors (Lipinski definition) is 1. The van der Waals surface area contributed by atoms with Gasteiger partial charge in [-0.05, 0) is 33.4 Å². The highest BCUT2D eigenvalue weighted by molar-refractivity contribution is 4.86. The number of ether oxygens (including phenoxy) is 2. The first kappa shape index (κ1) is 14.9. The quantitative estimate of drug-likeness (QED) is 0.645. The molecular formula is C13H28N2O2. The van der Waals surface area contributed by atoms with Crippen molar-refractivity contribution >= 4 is 0 Å². The van der Waals surface area contributed by atoms with Crippen LogP contribution in [0.25, 0.3) is 0 Å². The van der Waals surface area contributed by atoms with Gasteiger partial charge in [-0.2, -0.15) is 0 Å². The van der Waals surface area contributed by atoms with Gasteiger partial charge in [-0.15, -0.1) is 0 Å². The molecule has 0 aromatic carbocycles. The van der Waals surface area contributed by atoms with Crippen molar-refractivity contribution in [1.29, 1.82) is 0 Å². The molecular weight excluding hydrogens is 216 g/mol. The van der Waals surface area contributed by atoms with E-state index in [0.29, 0.717) is 5.41 Å². The lowest BCUT2D eigenvalue weighted by molar-refractivity contribution is -0.0224. The zero-order chi connectivity index (χ0) is 12.6. The molecule has 1 aliphatic rings. The fourth-order valence-electron chi connectivity index (χ4n) is 2.74. The van der Waals surface area contributed by atoms with Crippen LogP contribution in [0.3, 0.4) is 0 Å². The number of hydrogen-bond acceptors (Lipinski definition) is 4. The average Bonchev–Trinajstić information content (AvgIpc) is 2.30. The van der Waals surface area contributed by atoms with E-state index in [0.717, 1.165) is 45.9 Å². The molecule has 0 radical (unpaired) electrons. The second kappa shape index (κ2) is 8.03. The molecule has 1 heterocycles. The second-order valence-corrected chi connectivity index (χ2v) is 5.27. The summed E-state index contributed by atoms with van der Waals surface area (Å²) >= 11 is 0. The number of rotatable bonds is 8. The molecule has 0 aromatic heterocycles. The molecule has 1 unspecified atom stereocenters. The van der Waals surface area contributed by atoms with Crippen molar-refractivity contribution in [3.05, 3.63) is 0 Å². The lowest BCUT2D eigenvalue weighted by Crippen LogP contribution is -2.47. The SMILES string of the molecule is CNCC1(CN(C)CCCOC)CCCOC1. The molecule has 0 amide bonds. The first-order valence-corrected chi connectivity index (χ1v) is 6.62. The smallest absolute Gasteiger partial charge is 0.0546 e. The highest BCUT2D eigenvalue weighted by Crippen LogP contribution is 2.28. The minimum atomic E-state index is 0.300. The predicted molar refractivity (Wildman–Crippen MR) is 70.4 cm³/mol. The molecule has 1 atom stereocenters. The van der Waals surface area contributed by atoms with Crippen LogP contribution in [0, 0.1) is 5.41 Å². The summed E-state index contributed by atoms with van der Waals surface area (Å²) in [7, 11) is 5.99. The van der Waals surface area contributed by atoms with E-state index in [4.69, 9.17) is 9.47 Å². The van der Waals surface area contributed by atoms with E-state index in [9.17, 15) is 0 Å². The summed E-state index contributed by atoms with van der Waals surface area (Å²) in [6.45, 7) is 5.92. The van der Waals surface area contributed by atoms with Crippen molar-refractivity contribution in [2.24, 2.45) is 5.41 Å². The van der Waals surface area contributed by atoms with E-state index in [1.807, 2.05) is 7.05 Å². The van der Waals surface area contributed by atoms with E-state index in [1.165, 1.54) is 12.8 Å². The van der Waals surface area contributed by atoms with Crippen molar-refractivity contribution < 1.29 is 9.47 Å². The van der Waals surface area contributed by atoms with Gasteiger partial charge < -0.3 is 19.7 Å². The molecule has 1 rings (SSSR count). The van der Waals surface area contributed by atoms with Gasteiger partial charge in [0.2, 0.25) is 0 Å². The summed E-state index contributed by atoms with van der Waals surface area (Å²) in [4.78, 5) is 2.41. The zero-order valence-electron chi connectivity index (χ0n) is 11.6. The standard InChI is InChI=1S/C13H28N2O2/c1-14-10-13(6-4-9-17-12-13)11-15(2)7-5-8-16-3/h14H,4-12H2,1-3H3. The largest absolute Gasteiger partial charge is 0.385 e. The van der Waals surface area contributed by atoms with E-state index < -0.39 is 0 Å². The van der Waals surface area contributed by atoms with Gasteiger partial charge in [0.05, 0.1) is 6.61 Å². The first-order valence-electron chi connectivity index (χ1n) is 6.62. The maximum Gasteiger partial charge on any atom is 0.0546 e. The van der Waals surface area contributed by atoms with Gasteiger partial charge in [-0.1, -0.05) is 0 Å². The summed E-state index contributed by atoms with van der Waals surface area (Å²) in [5.41, 5.74) is 0.300. The van der Waals surface area contributed by atoms with E-state index in [-0.39, 0.29) is 0 Å². The van der Waals surface area contributed by atoms with Crippen LogP contribution in [-0.2, 0) is 9.47 Å². The molecule has 1 aliphatic heterocycles. The van der Waals surface area contributed by atoms with Gasteiger partial charge in [0.25, 0.3) is 0 Å². The highest BCUT2D eigenvalue weighted by atomic mass is 16.5. The van der Waals surface area contributed by atoms with E-state index >= 15 is 0 Å². The van der Waals surface area contributed by atoms with Crippen LogP contribution >= 0.6 is 0 Å². The van der Waals surface area contributed by atoms with Gasteiger partial charge in [0.15, 0.2) is 0 Å². The van der Waals surface area contributed by atoms with E-state index in [1.54, 1.807) is 7.11 Å². The third-order valence-corrected chi connectivity index (χ3v) is 3.45. The Bertz CT molecular complexity index is 188. The van der Waals surface area contributed by atoms with E-state index in [2.05, 4.69) is 17.3 Å². The highest BCUT2D eigenvalue weighted by Gasteiger charge is 2.33. The maximum absolute atomic E-state index is 5.67. The summed E-state index contributed by atoms with van der Waals surface area (Å²) in [6, 6.07) is 0. The number of methoxy groups -OCH3 is 1. The summed E-state index contributed by atoms with van der Waals surface area (Å²) in [5.74, 6) is 0. The Morgan fingerprint density at radius 2 is 2.29 bits per heavy atom. The maximum atomic E-state index is 5.67. The fourth-order valence-corrected chi connectivity index (χ4v) is 2.74. The predicted octanol–water partition coefficient (Wildman–Crippen LogP) is 0.971. The van der Waals surface area contributed by atoms with Crippen LogP contribution in [0.2, 0.25) is 0 Å². The lowest BCUT2D eigenvalue weighted by Gasteiger charge is -2.39. The van der Waals surface area contributed by atoms with Crippen LogP contribution in [0.5, 0.6) is 0 Å². The normalized spacial score (nSPS) is 25.4. The van der Waals surface area contributed by atoms with Gasteiger partial charge in [0.1, 0.15) is 0 Å². The molecule has 102 valence electrons. The van der Waals surface area contributed by atoms with Gasteiger partial charge in [-0.3, -0.25) is 0 Å². The fraction of sp³-hybridized carbons (Fsp3) is 1.00. The molecule has 1 saturated heterocycles. The monoisotopic (exact) mass is 244 g/mol. The molecule has 4 nitrogen and oxygen atoms in total. The number of nitrogens with zero attached hydrogens (tertiary/aromatic N) is 1. The Kier molecular flexibility index (Phi) is 7.04. The molecule has 0 saturated carbocycles. The third-order valence-electron chi connectivity index (χ3n) is 3.45. The van der Waals surface area contributed by atoms with Crippen molar-refractivity contribution in [2.75, 3.05) is 60.7 Å². The second-order valence-electron chi connectivity index (χ2n) is 5.27. The molecule has 0 aromatic rings. The lowest BCUT2D eigenvalue weighted by atomic mass is 9.82. The van der Waals surface area contributed by atoms with Gasteiger partial charge in [-0.25, -0.2) is 0 Å². The van der Waals surface area contributed by atoms with Crippen molar-refractivity contribution in [3.8, 4) is 0 Å². The molecule has 1 N–H and O–H groups in total. The van der Waals surface area contributed by atoms with Crippen LogP contribution in [0.4, 0.5) is 0 Å². The Morgan fingerprint density at radius 3 is 2.88 bits per heavy atom. The van der Waals surface area contributed by atoms with Gasteiger partial charge in [0, 0.05) is 45.4 Å². The Balaban J connectivity index is 2.36. The average molecular weight is 244 g/mol. The molecule has 0 aliphatic carbocycles. The van der Waals surface area contributed by atoms with Crippen LogP contribution in [0.1, 0.15) is 19.3 Å². The molecule has 0 spiro atoms. The van der Waals surface area contributed by atoms with Crippen LogP contribution in [-0.4, -0.2) is 65.6 Å². The summed E-state index contributed by atoms with van der Waals surface area (Å²) in [6.07, 6.45) is 3.56. The molecule has 17 heavy (non-hydrogen) atoms. The van der Waals surface area contributed by atoms with Crippen molar-refractivity contribution in [1.82, 2.24) is 10.2 Å². The Hall–Kier alpha value is -0.160. The Labute approximate surface area is 106 Å². The minimum Gasteiger partial charge on any atom is -0.385 e. The Morgan fingerprint density at radius 1 is 1.47 bits per heavy atom. The topological polar surface area (TPSA) is 33.7 Å². The summed E-state index contributed by atoms with van der Waals surface area (Å²) < 4.78 is 10.8. The number of nitrogens with one attached hydrogen (secondary N) is 1. The molecule has 1 fully saturated rings.